The van der Waals surface area contributed by atoms with Crippen molar-refractivity contribution < 1.29 is 25.0 Å². The van der Waals surface area contributed by atoms with Crippen molar-refractivity contribution in [1.82, 2.24) is 15.0 Å². The smallest absolute Gasteiger partial charge is 0.164 e. The molecule has 0 radical (unpaired) electrons. The van der Waals surface area contributed by atoms with Crippen molar-refractivity contribution in [3.63, 3.8) is 0 Å². The summed E-state index contributed by atoms with van der Waals surface area (Å²) in [6, 6.07) is 7.24. The van der Waals surface area contributed by atoms with Gasteiger partial charge in [-0.15, -0.1) is 0 Å². The Morgan fingerprint density at radius 1 is 0.395 bits per heavy atom. The number of nitrogens with zero attached hydrogens (tertiary/aromatic N) is 3. The lowest BCUT2D eigenvalue weighted by atomic mass is 9.99. The normalized spacial score (nSPS) is 16.1. The summed E-state index contributed by atoms with van der Waals surface area (Å²) in [4.78, 5) is 13.8. The van der Waals surface area contributed by atoms with E-state index < -0.39 is 118 Å². The molecule has 0 aliphatic rings. The highest BCUT2D eigenvalue weighted by atomic mass is 16.3. The second-order valence-corrected chi connectivity index (χ2v) is 9.30. The van der Waals surface area contributed by atoms with Crippen LogP contribution in [0.4, 0.5) is 0 Å². The summed E-state index contributed by atoms with van der Waals surface area (Å²) in [6.07, 6.45) is 0. The van der Waals surface area contributed by atoms with Gasteiger partial charge in [0.1, 0.15) is 11.2 Å². The molecule has 0 saturated carbocycles. The fraction of sp³-hybridized carbons (Fsp3) is 0. The molecule has 0 unspecified atom stereocenters. The number of benzene rings is 6. The molecule has 0 N–H and O–H groups in total. The van der Waals surface area contributed by atoms with Crippen LogP contribution in [0.1, 0.15) is 20.6 Å². The number of aromatic nitrogens is 3. The molecule has 6 aromatic carbocycles. The quantitative estimate of drug-likeness (QED) is 0.208. The Labute approximate surface area is 270 Å². The van der Waals surface area contributed by atoms with Gasteiger partial charge in [-0.25, -0.2) is 15.0 Å². The summed E-state index contributed by atoms with van der Waals surface area (Å²) >= 11 is 0. The van der Waals surface area contributed by atoms with Gasteiger partial charge < -0.3 is 4.42 Å². The van der Waals surface area contributed by atoms with Crippen LogP contribution in [-0.4, -0.2) is 15.0 Å². The Morgan fingerprint density at radius 3 is 1.53 bits per heavy atom. The first-order chi connectivity index (χ1) is 27.6. The fourth-order valence-corrected chi connectivity index (χ4v) is 4.49. The maximum absolute atomic E-state index is 9.29. The van der Waals surface area contributed by atoms with E-state index in [1.54, 1.807) is 48.5 Å². The lowest BCUT2D eigenvalue weighted by Gasteiger charge is -2.08. The highest BCUT2D eigenvalue weighted by molar-refractivity contribution is 6.07. The van der Waals surface area contributed by atoms with E-state index in [2.05, 4.69) is 15.0 Å². The van der Waals surface area contributed by atoms with E-state index in [-0.39, 0.29) is 39.4 Å². The maximum Gasteiger partial charge on any atom is 0.164 e. The molecule has 4 nitrogen and oxygen atoms in total. The summed E-state index contributed by atoms with van der Waals surface area (Å²) in [6.45, 7) is 0. The third-order valence-corrected chi connectivity index (χ3v) is 6.56. The molecule has 0 amide bonds. The Kier molecular flexibility index (Phi) is 3.39. The van der Waals surface area contributed by atoms with Crippen molar-refractivity contribution in [3.05, 3.63) is 151 Å². The SMILES string of the molecule is [2H]c1c([2H])c([2H])c(-c2c([2H])c([2H])c(-c3c([2H])c([2H])c4oc5c([2H])c(-c6nc(-c7ccccc7)nc(-c7ccccc7)n6)c([2H])c([2H])c5c4c3[2H])c([2H])c2[2H])c([2H])c1[2H]. The van der Waals surface area contributed by atoms with E-state index in [1.807, 2.05) is 12.1 Å². The van der Waals surface area contributed by atoms with Crippen LogP contribution in [0.3, 0.4) is 0 Å². The van der Waals surface area contributed by atoms with E-state index in [1.165, 1.54) is 0 Å². The molecule has 2 aromatic heterocycles. The molecular weight excluding hydrogens is 526 g/mol. The second kappa shape index (κ2) is 10.5. The van der Waals surface area contributed by atoms with Crippen LogP contribution in [0, 0.1) is 0 Å². The molecule has 0 fully saturated rings. The van der Waals surface area contributed by atoms with Crippen LogP contribution in [-0.2, 0) is 0 Å². The van der Waals surface area contributed by atoms with Crippen molar-refractivity contribution >= 4 is 21.9 Å². The lowest BCUT2D eigenvalue weighted by molar-refractivity contribution is 0.669. The van der Waals surface area contributed by atoms with E-state index in [9.17, 15) is 2.74 Å². The average Bonchev–Trinajstić information content (AvgIpc) is 3.65. The molecule has 0 atom stereocenters. The number of rotatable bonds is 5. The molecule has 0 aliphatic carbocycles. The fourth-order valence-electron chi connectivity index (χ4n) is 4.49. The van der Waals surface area contributed by atoms with E-state index in [4.69, 9.17) is 22.2 Å². The van der Waals surface area contributed by atoms with Crippen molar-refractivity contribution in [2.45, 2.75) is 0 Å². The van der Waals surface area contributed by atoms with Crippen molar-refractivity contribution in [3.8, 4) is 56.4 Å². The molecule has 0 aliphatic heterocycles. The third kappa shape index (κ3) is 4.75. The number of hydrogen-bond donors (Lipinski definition) is 0. The summed E-state index contributed by atoms with van der Waals surface area (Å²) in [5.74, 6) is 0.324. The highest BCUT2D eigenvalue weighted by Gasteiger charge is 2.15. The third-order valence-electron chi connectivity index (χ3n) is 6.56. The lowest BCUT2D eigenvalue weighted by Crippen LogP contribution is -2.00. The first-order valence-corrected chi connectivity index (χ1v) is 13.1. The van der Waals surface area contributed by atoms with Gasteiger partial charge in [-0.05, 0) is 46.4 Å². The topological polar surface area (TPSA) is 51.8 Å². The Balaban J connectivity index is 1.39. The Bertz CT molecular complexity index is 2950. The average molecular weight is 567 g/mol. The molecule has 0 bridgehead atoms. The van der Waals surface area contributed by atoms with E-state index in [0.717, 1.165) is 0 Å². The molecule has 8 rings (SSSR count). The number of hydrogen-bond acceptors (Lipinski definition) is 4. The largest absolute Gasteiger partial charge is 0.456 e. The molecule has 4 heteroatoms. The Hall–Kier alpha value is -5.87. The predicted molar refractivity (Wildman–Crippen MR) is 174 cm³/mol. The highest BCUT2D eigenvalue weighted by Crippen LogP contribution is 2.35. The molecule has 2 heterocycles. The van der Waals surface area contributed by atoms with Crippen LogP contribution in [0.2, 0.25) is 0 Å². The summed E-state index contributed by atoms with van der Waals surface area (Å²) in [5, 5.41) is -0.540. The van der Waals surface area contributed by atoms with Gasteiger partial charge in [-0.2, -0.15) is 0 Å². The number of furan rings is 1. The minimum absolute atomic E-state index is 0.125. The summed E-state index contributed by atoms with van der Waals surface area (Å²) in [7, 11) is 0. The first kappa shape index (κ1) is 13.9. The van der Waals surface area contributed by atoms with Gasteiger partial charge >= 0.3 is 0 Å². The van der Waals surface area contributed by atoms with Gasteiger partial charge in [0, 0.05) is 27.5 Å². The Morgan fingerprint density at radius 2 is 0.907 bits per heavy atom. The molecule has 202 valence electrons. The number of fused-ring (bicyclic) bond motifs is 3. The molecule has 0 saturated heterocycles. The second-order valence-electron chi connectivity index (χ2n) is 9.30. The van der Waals surface area contributed by atoms with E-state index in [0.29, 0.717) is 11.1 Å². The van der Waals surface area contributed by atoms with Crippen LogP contribution < -0.4 is 0 Å². The van der Waals surface area contributed by atoms with Crippen molar-refractivity contribution in [2.75, 3.05) is 0 Å². The van der Waals surface area contributed by atoms with Crippen molar-refractivity contribution in [1.29, 1.82) is 0 Å². The minimum Gasteiger partial charge on any atom is -0.456 e. The monoisotopic (exact) mass is 566 g/mol. The van der Waals surface area contributed by atoms with Crippen LogP contribution in [0.5, 0.6) is 0 Å². The van der Waals surface area contributed by atoms with Crippen LogP contribution >= 0.6 is 0 Å². The van der Waals surface area contributed by atoms with Gasteiger partial charge in [0.25, 0.3) is 0 Å². The van der Waals surface area contributed by atoms with Crippen molar-refractivity contribution in [2.24, 2.45) is 0 Å². The zero-order valence-corrected chi connectivity index (χ0v) is 22.0. The van der Waals surface area contributed by atoms with Gasteiger partial charge in [0.15, 0.2) is 17.5 Å². The van der Waals surface area contributed by atoms with Gasteiger partial charge in [-0.3, -0.25) is 0 Å². The predicted octanol–water partition coefficient (Wildman–Crippen LogP) is 10.1. The summed E-state index contributed by atoms with van der Waals surface area (Å²) in [5.41, 5.74) is -2.04. The van der Waals surface area contributed by atoms with Crippen LogP contribution in [0.25, 0.3) is 78.4 Å². The summed E-state index contributed by atoms with van der Waals surface area (Å²) < 4.78 is 137. The molecular formula is C39H25N3O. The zero-order chi connectivity index (χ0) is 41.6. The minimum atomic E-state index is -0.828. The standard InChI is InChI=1S/C39H25N3O/c1-4-10-26(11-5-1)27-16-18-28(19-17-27)31-21-23-35-34(24-31)33-22-20-32(25-36(33)43-35)39-41-37(29-12-6-2-7-13-29)40-38(42-39)30-14-8-3-9-15-30/h1-25H/i1D,4D,5D,10D,11D,16D,17D,18D,19D,20D,21D,22D,23D,24D,25D. The molecule has 0 spiro atoms. The molecule has 8 aromatic rings. The van der Waals surface area contributed by atoms with Gasteiger partial charge in [0.2, 0.25) is 0 Å². The van der Waals surface area contributed by atoms with E-state index >= 15 is 0 Å². The first-order valence-electron chi connectivity index (χ1n) is 20.6. The van der Waals surface area contributed by atoms with Gasteiger partial charge in [-0.1, -0.05) is 127 Å². The zero-order valence-electron chi connectivity index (χ0n) is 37.0. The molecule has 43 heavy (non-hydrogen) atoms. The van der Waals surface area contributed by atoms with Crippen LogP contribution in [0.15, 0.2) is 156 Å². The van der Waals surface area contributed by atoms with Gasteiger partial charge in [0.05, 0.1) is 20.6 Å². The maximum atomic E-state index is 9.29.